The molecule has 6 heteroatoms. The van der Waals surface area contributed by atoms with Crippen LogP contribution in [0.3, 0.4) is 0 Å². The van der Waals surface area contributed by atoms with Crippen molar-refractivity contribution in [2.75, 3.05) is 14.2 Å². The van der Waals surface area contributed by atoms with Crippen molar-refractivity contribution in [2.45, 2.75) is 0 Å². The molecule has 0 atom stereocenters. The van der Waals surface area contributed by atoms with Crippen molar-refractivity contribution in [3.05, 3.63) is 46.1 Å². The van der Waals surface area contributed by atoms with Crippen LogP contribution in [0.25, 0.3) is 0 Å². The molecule has 0 unspecified atom stereocenters. The standard InChI is InChI=1S/C12H13BrN2O3/c1-17-14-7-10(8-15-18-2)12(16)9-3-5-11(13)6-4-9/h3-8,14H,1-2H3/b10-7+,15-8-. The Morgan fingerprint density at radius 3 is 2.56 bits per heavy atom. The van der Waals surface area contributed by atoms with Gasteiger partial charge >= 0.3 is 0 Å². The molecule has 0 radical (unpaired) electrons. The number of hydrogen-bond donors (Lipinski definition) is 1. The number of benzene rings is 1. The molecule has 0 bridgehead atoms. The fraction of sp³-hybridized carbons (Fsp3) is 0.167. The van der Waals surface area contributed by atoms with E-state index in [4.69, 9.17) is 0 Å². The highest BCUT2D eigenvalue weighted by atomic mass is 79.9. The molecule has 1 aromatic carbocycles. The molecule has 5 nitrogen and oxygen atoms in total. The Balaban J connectivity index is 2.94. The maximum absolute atomic E-state index is 12.1. The smallest absolute Gasteiger partial charge is 0.196 e. The summed E-state index contributed by atoms with van der Waals surface area (Å²) in [6.45, 7) is 0. The van der Waals surface area contributed by atoms with E-state index in [1.54, 1.807) is 24.3 Å². The highest BCUT2D eigenvalue weighted by molar-refractivity contribution is 9.10. The summed E-state index contributed by atoms with van der Waals surface area (Å²) in [7, 11) is 2.85. The van der Waals surface area contributed by atoms with Gasteiger partial charge < -0.3 is 4.84 Å². The van der Waals surface area contributed by atoms with E-state index >= 15 is 0 Å². The molecule has 1 N–H and O–H groups in total. The molecule has 0 aliphatic rings. The van der Waals surface area contributed by atoms with Crippen molar-refractivity contribution in [3.63, 3.8) is 0 Å². The molecule has 0 aliphatic heterocycles. The van der Waals surface area contributed by atoms with Gasteiger partial charge in [-0.2, -0.15) is 0 Å². The first kappa shape index (κ1) is 14.4. The first-order chi connectivity index (χ1) is 8.69. The Kier molecular flexibility index (Phi) is 6.10. The molecule has 1 rings (SSSR count). The van der Waals surface area contributed by atoms with E-state index in [0.29, 0.717) is 11.1 Å². The average Bonchev–Trinajstić information content (AvgIpc) is 2.39. The molecule has 0 aliphatic carbocycles. The van der Waals surface area contributed by atoms with Crippen molar-refractivity contribution < 1.29 is 14.5 Å². The second kappa shape index (κ2) is 7.62. The van der Waals surface area contributed by atoms with Gasteiger partial charge in [0.1, 0.15) is 7.11 Å². The lowest BCUT2D eigenvalue weighted by atomic mass is 10.1. The summed E-state index contributed by atoms with van der Waals surface area (Å²) in [6.07, 6.45) is 2.73. The maximum atomic E-state index is 12.1. The molecule has 96 valence electrons. The first-order valence-corrected chi connectivity index (χ1v) is 5.83. The highest BCUT2D eigenvalue weighted by Gasteiger charge is 2.10. The van der Waals surface area contributed by atoms with Gasteiger partial charge in [0.25, 0.3) is 0 Å². The largest absolute Gasteiger partial charge is 0.399 e. The molecule has 1 aromatic rings. The quantitative estimate of drug-likeness (QED) is 0.379. The molecule has 0 heterocycles. The molecule has 0 fully saturated rings. The van der Waals surface area contributed by atoms with Crippen molar-refractivity contribution in [3.8, 4) is 0 Å². The molecule has 0 aromatic heterocycles. The number of carbonyl (C=O) groups excluding carboxylic acids is 1. The van der Waals surface area contributed by atoms with Gasteiger partial charge in [0.05, 0.1) is 18.9 Å². The number of hydroxylamine groups is 1. The molecular weight excluding hydrogens is 300 g/mol. The first-order valence-electron chi connectivity index (χ1n) is 5.04. The Labute approximate surface area is 114 Å². The van der Waals surface area contributed by atoms with E-state index in [2.05, 4.69) is 36.2 Å². The Bertz CT molecular complexity index is 455. The van der Waals surface area contributed by atoms with E-state index in [0.717, 1.165) is 4.47 Å². The number of allylic oxidation sites excluding steroid dienone is 1. The molecule has 0 spiro atoms. The number of hydrogen-bond acceptors (Lipinski definition) is 5. The summed E-state index contributed by atoms with van der Waals surface area (Å²) < 4.78 is 0.908. The van der Waals surface area contributed by atoms with Gasteiger partial charge in [-0.25, -0.2) is 0 Å². The number of rotatable bonds is 6. The molecule has 0 saturated carbocycles. The summed E-state index contributed by atoms with van der Waals surface area (Å²) in [5.74, 6) is -0.187. The predicted molar refractivity (Wildman–Crippen MR) is 72.2 cm³/mol. The number of halogens is 1. The van der Waals surface area contributed by atoms with E-state index in [1.807, 2.05) is 0 Å². The zero-order chi connectivity index (χ0) is 13.4. The van der Waals surface area contributed by atoms with Crippen molar-refractivity contribution in [1.82, 2.24) is 5.48 Å². The molecule has 18 heavy (non-hydrogen) atoms. The Morgan fingerprint density at radius 1 is 1.33 bits per heavy atom. The Hall–Kier alpha value is -1.66. The fourth-order valence-electron chi connectivity index (χ4n) is 1.16. The van der Waals surface area contributed by atoms with Crippen molar-refractivity contribution in [2.24, 2.45) is 5.16 Å². The van der Waals surface area contributed by atoms with Crippen LogP contribution in [0, 0.1) is 0 Å². The lowest BCUT2D eigenvalue weighted by molar-refractivity contribution is 0.102. The van der Waals surface area contributed by atoms with Crippen LogP contribution in [-0.4, -0.2) is 26.2 Å². The molecular formula is C12H13BrN2O3. The average molecular weight is 313 g/mol. The van der Waals surface area contributed by atoms with Crippen LogP contribution in [0.1, 0.15) is 10.4 Å². The van der Waals surface area contributed by atoms with Crippen LogP contribution >= 0.6 is 15.9 Å². The number of nitrogens with one attached hydrogen (secondary N) is 1. The number of nitrogens with zero attached hydrogens (tertiary/aromatic N) is 1. The van der Waals surface area contributed by atoms with Crippen LogP contribution in [0.5, 0.6) is 0 Å². The normalized spacial score (nSPS) is 11.6. The van der Waals surface area contributed by atoms with E-state index in [-0.39, 0.29) is 5.78 Å². The summed E-state index contributed by atoms with van der Waals surface area (Å²) in [5.41, 5.74) is 3.35. The van der Waals surface area contributed by atoms with E-state index in [9.17, 15) is 4.79 Å². The second-order valence-electron chi connectivity index (χ2n) is 3.17. The van der Waals surface area contributed by atoms with Crippen molar-refractivity contribution in [1.29, 1.82) is 0 Å². The summed E-state index contributed by atoms with van der Waals surface area (Å²) in [5, 5.41) is 3.57. The van der Waals surface area contributed by atoms with Gasteiger partial charge in [-0.15, -0.1) is 0 Å². The summed E-state index contributed by atoms with van der Waals surface area (Å²) >= 11 is 3.31. The second-order valence-corrected chi connectivity index (χ2v) is 4.09. The lowest BCUT2D eigenvalue weighted by Crippen LogP contribution is -2.11. The third kappa shape index (κ3) is 4.31. The van der Waals surface area contributed by atoms with Crippen LogP contribution in [0.2, 0.25) is 0 Å². The van der Waals surface area contributed by atoms with Crippen molar-refractivity contribution >= 4 is 27.9 Å². The SMILES string of the molecule is CO/N=C\C(=C/NOC)C(=O)c1ccc(Br)cc1. The number of carbonyl (C=O) groups is 1. The zero-order valence-corrected chi connectivity index (χ0v) is 11.6. The van der Waals surface area contributed by atoms with Crippen LogP contribution < -0.4 is 5.48 Å². The molecule has 0 amide bonds. The van der Waals surface area contributed by atoms with E-state index < -0.39 is 0 Å². The molecule has 0 saturated heterocycles. The minimum atomic E-state index is -0.187. The van der Waals surface area contributed by atoms with E-state index in [1.165, 1.54) is 26.6 Å². The summed E-state index contributed by atoms with van der Waals surface area (Å²) in [4.78, 5) is 21.4. The zero-order valence-electron chi connectivity index (χ0n) is 10.0. The monoisotopic (exact) mass is 312 g/mol. The van der Waals surface area contributed by atoms with Crippen LogP contribution in [-0.2, 0) is 9.68 Å². The van der Waals surface area contributed by atoms with Gasteiger partial charge in [-0.1, -0.05) is 21.1 Å². The van der Waals surface area contributed by atoms with Gasteiger partial charge in [-0.3, -0.25) is 15.1 Å². The van der Waals surface area contributed by atoms with Gasteiger partial charge in [-0.05, 0) is 24.3 Å². The number of Topliss-reactive ketones (excluding diaryl/α,β-unsaturated/α-hetero) is 1. The third-order valence-electron chi connectivity index (χ3n) is 2.00. The van der Waals surface area contributed by atoms with Crippen LogP contribution in [0.4, 0.5) is 0 Å². The fourth-order valence-corrected chi connectivity index (χ4v) is 1.43. The number of oxime groups is 1. The lowest BCUT2D eigenvalue weighted by Gasteiger charge is -2.03. The maximum Gasteiger partial charge on any atom is 0.196 e. The predicted octanol–water partition coefficient (Wildman–Crippen LogP) is 2.30. The minimum absolute atomic E-state index is 0.187. The third-order valence-corrected chi connectivity index (χ3v) is 2.53. The topological polar surface area (TPSA) is 59.9 Å². The van der Waals surface area contributed by atoms with Crippen LogP contribution in [0.15, 0.2) is 45.7 Å². The minimum Gasteiger partial charge on any atom is -0.399 e. The number of ketones is 1. The van der Waals surface area contributed by atoms with Gasteiger partial charge in [0, 0.05) is 16.2 Å². The highest BCUT2D eigenvalue weighted by Crippen LogP contribution is 2.13. The Morgan fingerprint density at radius 2 is 2.00 bits per heavy atom. The van der Waals surface area contributed by atoms with Gasteiger partial charge in [0.2, 0.25) is 0 Å². The van der Waals surface area contributed by atoms with Gasteiger partial charge in [0.15, 0.2) is 5.78 Å². The summed E-state index contributed by atoms with van der Waals surface area (Å²) in [6, 6.07) is 7.02.